The summed E-state index contributed by atoms with van der Waals surface area (Å²) >= 11 is 0. The lowest BCUT2D eigenvalue weighted by molar-refractivity contribution is 0.0600. The first-order chi connectivity index (χ1) is 11.5. The molecule has 1 aromatic carbocycles. The molecule has 1 unspecified atom stereocenters. The predicted octanol–water partition coefficient (Wildman–Crippen LogP) is 0.426. The minimum Gasteiger partial charge on any atom is -0.465 e. The molecule has 7 heteroatoms. The third kappa shape index (κ3) is 4.53. The molecule has 7 nitrogen and oxygen atoms in total. The van der Waals surface area contributed by atoms with Crippen molar-refractivity contribution >= 4 is 11.9 Å². The molecule has 126 valence electrons. The van der Waals surface area contributed by atoms with Crippen LogP contribution < -0.4 is 10.9 Å². The summed E-state index contributed by atoms with van der Waals surface area (Å²) < 4.78 is 5.94. The molecule has 0 spiro atoms. The van der Waals surface area contributed by atoms with Gasteiger partial charge in [-0.1, -0.05) is 6.07 Å². The minimum atomic E-state index is -0.900. The van der Waals surface area contributed by atoms with Gasteiger partial charge in [-0.3, -0.25) is 9.59 Å². The zero-order chi connectivity index (χ0) is 17.5. The van der Waals surface area contributed by atoms with Gasteiger partial charge in [0.1, 0.15) is 0 Å². The summed E-state index contributed by atoms with van der Waals surface area (Å²) in [5.74, 6) is -0.864. The van der Waals surface area contributed by atoms with Crippen LogP contribution in [0.4, 0.5) is 0 Å². The Morgan fingerprint density at radius 2 is 1.83 bits per heavy atom. The van der Waals surface area contributed by atoms with E-state index in [-0.39, 0.29) is 24.6 Å². The Bertz CT molecular complexity index is 767. The van der Waals surface area contributed by atoms with E-state index >= 15 is 0 Å². The molecule has 2 rings (SSSR count). The van der Waals surface area contributed by atoms with E-state index in [1.54, 1.807) is 18.3 Å². The molecule has 0 aliphatic carbocycles. The van der Waals surface area contributed by atoms with E-state index in [9.17, 15) is 19.5 Å². The highest BCUT2D eigenvalue weighted by Gasteiger charge is 2.11. The Kier molecular flexibility index (Phi) is 5.86. The number of benzene rings is 1. The molecule has 2 N–H and O–H groups in total. The van der Waals surface area contributed by atoms with Crippen molar-refractivity contribution in [2.24, 2.45) is 0 Å². The third-order valence-electron chi connectivity index (χ3n) is 3.37. The summed E-state index contributed by atoms with van der Waals surface area (Å²) in [7, 11) is 1.28. The number of rotatable bonds is 6. The number of ether oxygens (including phenoxy) is 1. The molecule has 1 atom stereocenters. The fourth-order valence-electron chi connectivity index (χ4n) is 2.09. The Morgan fingerprint density at radius 3 is 2.46 bits per heavy atom. The second kappa shape index (κ2) is 8.07. The van der Waals surface area contributed by atoms with Crippen LogP contribution in [0.5, 0.6) is 0 Å². The highest BCUT2D eigenvalue weighted by molar-refractivity contribution is 5.96. The molecule has 0 saturated carbocycles. The summed E-state index contributed by atoms with van der Waals surface area (Å²) in [6.45, 7) is 0.0835. The van der Waals surface area contributed by atoms with Crippen molar-refractivity contribution in [2.75, 3.05) is 13.7 Å². The van der Waals surface area contributed by atoms with E-state index in [1.807, 2.05) is 0 Å². The monoisotopic (exact) mass is 330 g/mol. The smallest absolute Gasteiger partial charge is 0.337 e. The van der Waals surface area contributed by atoms with Gasteiger partial charge in [-0.25, -0.2) is 4.79 Å². The van der Waals surface area contributed by atoms with Crippen molar-refractivity contribution < 1.29 is 19.4 Å². The highest BCUT2D eigenvalue weighted by atomic mass is 16.5. The van der Waals surface area contributed by atoms with Crippen molar-refractivity contribution in [3.8, 4) is 0 Å². The summed E-state index contributed by atoms with van der Waals surface area (Å²) in [5, 5.41) is 12.5. The average Bonchev–Trinajstić information content (AvgIpc) is 2.61. The Balaban J connectivity index is 1.89. The number of aliphatic hydroxyl groups excluding tert-OH is 1. The third-order valence-corrected chi connectivity index (χ3v) is 3.37. The normalized spacial score (nSPS) is 11.6. The Morgan fingerprint density at radius 1 is 1.17 bits per heavy atom. The van der Waals surface area contributed by atoms with E-state index in [0.29, 0.717) is 11.1 Å². The number of esters is 1. The maximum atomic E-state index is 12.0. The number of carbonyl (C=O) groups is 2. The molecule has 24 heavy (non-hydrogen) atoms. The number of hydrogen-bond acceptors (Lipinski definition) is 5. The number of carbonyl (C=O) groups excluding carboxylic acids is 2. The molecule has 2 aromatic rings. The van der Waals surface area contributed by atoms with Gasteiger partial charge in [-0.2, -0.15) is 0 Å². The van der Waals surface area contributed by atoms with Crippen LogP contribution >= 0.6 is 0 Å². The average molecular weight is 330 g/mol. The minimum absolute atomic E-state index is 0.00107. The lowest BCUT2D eigenvalue weighted by Gasteiger charge is -2.13. The van der Waals surface area contributed by atoms with Crippen LogP contribution in [0, 0.1) is 0 Å². The summed E-state index contributed by atoms with van der Waals surface area (Å²) in [6, 6.07) is 10.7. The van der Waals surface area contributed by atoms with Crippen LogP contribution in [0.15, 0.2) is 53.5 Å². The molecule has 1 amide bonds. The van der Waals surface area contributed by atoms with Crippen molar-refractivity contribution in [1.82, 2.24) is 9.88 Å². The molecular formula is C17H18N2O5. The fourth-order valence-corrected chi connectivity index (χ4v) is 2.09. The highest BCUT2D eigenvalue weighted by Crippen LogP contribution is 2.05. The van der Waals surface area contributed by atoms with Gasteiger partial charge in [0.2, 0.25) is 0 Å². The molecule has 1 aromatic heterocycles. The van der Waals surface area contributed by atoms with Gasteiger partial charge in [0.25, 0.3) is 11.5 Å². The van der Waals surface area contributed by atoms with Crippen LogP contribution in [-0.2, 0) is 11.3 Å². The lowest BCUT2D eigenvalue weighted by Crippen LogP contribution is -2.36. The van der Waals surface area contributed by atoms with Crippen LogP contribution in [0.2, 0.25) is 0 Å². The lowest BCUT2D eigenvalue weighted by atomic mass is 10.1. The predicted molar refractivity (Wildman–Crippen MR) is 86.8 cm³/mol. The first kappa shape index (κ1) is 17.4. The zero-order valence-electron chi connectivity index (χ0n) is 13.1. The number of nitrogens with zero attached hydrogens (tertiary/aromatic N) is 1. The van der Waals surface area contributed by atoms with Crippen LogP contribution in [0.25, 0.3) is 0 Å². The SMILES string of the molecule is COC(=O)c1ccc(C(=O)NCC(O)Cn2ccccc2=O)cc1. The van der Waals surface area contributed by atoms with Crippen LogP contribution in [0.3, 0.4) is 0 Å². The van der Waals surface area contributed by atoms with E-state index in [2.05, 4.69) is 10.1 Å². The summed E-state index contributed by atoms with van der Waals surface area (Å²) in [6.07, 6.45) is 0.669. The number of aliphatic hydroxyl groups is 1. The van der Waals surface area contributed by atoms with E-state index in [4.69, 9.17) is 0 Å². The first-order valence-corrected chi connectivity index (χ1v) is 7.31. The van der Waals surface area contributed by atoms with E-state index in [1.165, 1.54) is 42.0 Å². The van der Waals surface area contributed by atoms with Gasteiger partial charge in [0.05, 0.1) is 25.3 Å². The number of methoxy groups -OCH3 is 1. The molecule has 0 bridgehead atoms. The van der Waals surface area contributed by atoms with Gasteiger partial charge in [-0.05, 0) is 30.3 Å². The number of hydrogen-bond donors (Lipinski definition) is 2. The topological polar surface area (TPSA) is 97.6 Å². The Hall–Kier alpha value is -2.93. The summed E-state index contributed by atoms with van der Waals surface area (Å²) in [5.41, 5.74) is 0.477. The van der Waals surface area contributed by atoms with Gasteiger partial charge in [0, 0.05) is 24.4 Å². The first-order valence-electron chi connectivity index (χ1n) is 7.31. The second-order valence-electron chi connectivity index (χ2n) is 5.12. The molecule has 0 saturated heterocycles. The van der Waals surface area contributed by atoms with Crippen molar-refractivity contribution in [3.05, 3.63) is 70.1 Å². The second-order valence-corrected chi connectivity index (χ2v) is 5.12. The van der Waals surface area contributed by atoms with Gasteiger partial charge in [0.15, 0.2) is 0 Å². The Labute approximate surface area is 138 Å². The summed E-state index contributed by atoms with van der Waals surface area (Å²) in [4.78, 5) is 34.9. The zero-order valence-corrected chi connectivity index (χ0v) is 13.1. The molecule has 0 aliphatic heterocycles. The molecule has 0 aliphatic rings. The molecule has 1 heterocycles. The maximum absolute atomic E-state index is 12.0. The van der Waals surface area contributed by atoms with E-state index < -0.39 is 12.1 Å². The largest absolute Gasteiger partial charge is 0.465 e. The van der Waals surface area contributed by atoms with Crippen molar-refractivity contribution in [1.29, 1.82) is 0 Å². The molecule has 0 fully saturated rings. The standard InChI is InChI=1S/C17H18N2O5/c1-24-17(23)13-7-5-12(6-8-13)16(22)18-10-14(20)11-19-9-3-2-4-15(19)21/h2-9,14,20H,10-11H2,1H3,(H,18,22). The van der Waals surface area contributed by atoms with Crippen molar-refractivity contribution in [2.45, 2.75) is 12.6 Å². The van der Waals surface area contributed by atoms with E-state index in [0.717, 1.165) is 0 Å². The number of pyridine rings is 1. The van der Waals surface area contributed by atoms with Crippen LogP contribution in [0.1, 0.15) is 20.7 Å². The van der Waals surface area contributed by atoms with Gasteiger partial charge >= 0.3 is 5.97 Å². The number of nitrogens with one attached hydrogen (secondary N) is 1. The maximum Gasteiger partial charge on any atom is 0.337 e. The van der Waals surface area contributed by atoms with Gasteiger partial charge < -0.3 is 19.7 Å². The van der Waals surface area contributed by atoms with Crippen LogP contribution in [-0.4, -0.2) is 41.3 Å². The van der Waals surface area contributed by atoms with Gasteiger partial charge in [-0.15, -0.1) is 0 Å². The number of amides is 1. The quantitative estimate of drug-likeness (QED) is 0.749. The fraction of sp³-hybridized carbons (Fsp3) is 0.235. The molecular weight excluding hydrogens is 312 g/mol. The number of aromatic nitrogens is 1. The van der Waals surface area contributed by atoms with Crippen molar-refractivity contribution in [3.63, 3.8) is 0 Å². The molecule has 0 radical (unpaired) electrons.